The molecule has 0 unspecified atom stereocenters. The van der Waals surface area contributed by atoms with Crippen LogP contribution in [0, 0.1) is 0 Å². The fraction of sp³-hybridized carbons (Fsp3) is 0.154. The smallest absolute Gasteiger partial charge is 0.341 e. The second-order valence-corrected chi connectivity index (χ2v) is 4.08. The van der Waals surface area contributed by atoms with Gasteiger partial charge in [0.2, 0.25) is 5.43 Å². The molecule has 1 aromatic carbocycles. The first-order chi connectivity index (χ1) is 9.52. The standard InChI is InChI=1S/C13H13N3O4/c1-2-14-13(20)16-7-3-4-10-8(5-7)11(17)9(6-15-10)12(18)19/h3-6H,2H2,1H3,(H,15,17)(H,18,19)(H2,14,16,20). The number of aromatic nitrogens is 1. The number of urea groups is 1. The molecule has 2 rings (SSSR count). The first-order valence-corrected chi connectivity index (χ1v) is 5.96. The maximum absolute atomic E-state index is 12.0. The highest BCUT2D eigenvalue weighted by atomic mass is 16.4. The van der Waals surface area contributed by atoms with Gasteiger partial charge in [-0.05, 0) is 25.1 Å². The van der Waals surface area contributed by atoms with Gasteiger partial charge >= 0.3 is 12.0 Å². The van der Waals surface area contributed by atoms with Gasteiger partial charge in [0.1, 0.15) is 5.56 Å². The Morgan fingerprint density at radius 2 is 2.10 bits per heavy atom. The molecular weight excluding hydrogens is 262 g/mol. The number of pyridine rings is 1. The van der Waals surface area contributed by atoms with E-state index in [2.05, 4.69) is 15.6 Å². The van der Waals surface area contributed by atoms with E-state index in [4.69, 9.17) is 5.11 Å². The van der Waals surface area contributed by atoms with Gasteiger partial charge in [0.05, 0.1) is 0 Å². The van der Waals surface area contributed by atoms with Crippen LogP contribution in [0.15, 0.2) is 29.2 Å². The number of amides is 2. The number of hydrogen-bond donors (Lipinski definition) is 4. The Bertz CT molecular complexity index is 736. The summed E-state index contributed by atoms with van der Waals surface area (Å²) in [6.07, 6.45) is 1.16. The SMILES string of the molecule is CCNC(=O)Nc1ccc2[nH]cc(C(=O)O)c(=O)c2c1. The molecule has 2 amide bonds. The summed E-state index contributed by atoms with van der Waals surface area (Å²) in [5.41, 5.74) is -0.0172. The average molecular weight is 275 g/mol. The van der Waals surface area contributed by atoms with Crippen molar-refractivity contribution in [2.45, 2.75) is 6.92 Å². The van der Waals surface area contributed by atoms with Crippen molar-refractivity contribution < 1.29 is 14.7 Å². The quantitative estimate of drug-likeness (QED) is 0.677. The number of hydrogen-bond acceptors (Lipinski definition) is 3. The number of fused-ring (bicyclic) bond motifs is 1. The van der Waals surface area contributed by atoms with Crippen LogP contribution in [0.2, 0.25) is 0 Å². The molecule has 0 aliphatic rings. The molecule has 0 saturated heterocycles. The van der Waals surface area contributed by atoms with E-state index in [9.17, 15) is 14.4 Å². The molecule has 0 spiro atoms. The van der Waals surface area contributed by atoms with E-state index in [0.29, 0.717) is 17.7 Å². The monoisotopic (exact) mass is 275 g/mol. The number of rotatable bonds is 3. The second-order valence-electron chi connectivity index (χ2n) is 4.08. The number of benzene rings is 1. The van der Waals surface area contributed by atoms with Crippen molar-refractivity contribution in [3.63, 3.8) is 0 Å². The summed E-state index contributed by atoms with van der Waals surface area (Å²) in [4.78, 5) is 37.1. The molecule has 0 fully saturated rings. The summed E-state index contributed by atoms with van der Waals surface area (Å²) in [5.74, 6) is -1.30. The van der Waals surface area contributed by atoms with Gasteiger partial charge in [-0.1, -0.05) is 0 Å². The minimum atomic E-state index is -1.30. The molecule has 20 heavy (non-hydrogen) atoms. The number of carboxylic acids is 1. The Morgan fingerprint density at radius 1 is 1.35 bits per heavy atom. The van der Waals surface area contributed by atoms with E-state index in [1.807, 2.05) is 0 Å². The van der Waals surface area contributed by atoms with Crippen LogP contribution in [0.5, 0.6) is 0 Å². The molecule has 0 saturated carbocycles. The van der Waals surface area contributed by atoms with Crippen LogP contribution in [0.4, 0.5) is 10.5 Å². The second kappa shape index (κ2) is 5.43. The van der Waals surface area contributed by atoms with Crippen molar-refractivity contribution in [3.05, 3.63) is 40.2 Å². The van der Waals surface area contributed by atoms with E-state index in [0.717, 1.165) is 6.20 Å². The first kappa shape index (κ1) is 13.6. The van der Waals surface area contributed by atoms with Crippen LogP contribution in [0.3, 0.4) is 0 Å². The summed E-state index contributed by atoms with van der Waals surface area (Å²) in [6.45, 7) is 2.26. The number of carbonyl (C=O) groups excluding carboxylic acids is 1. The lowest BCUT2D eigenvalue weighted by atomic mass is 10.1. The Balaban J connectivity index is 2.47. The van der Waals surface area contributed by atoms with Crippen molar-refractivity contribution >= 4 is 28.6 Å². The lowest BCUT2D eigenvalue weighted by Gasteiger charge is -2.07. The number of aromatic amines is 1. The lowest BCUT2D eigenvalue weighted by molar-refractivity contribution is 0.0695. The summed E-state index contributed by atoms with van der Waals surface area (Å²) in [7, 11) is 0. The summed E-state index contributed by atoms with van der Waals surface area (Å²) >= 11 is 0. The van der Waals surface area contributed by atoms with E-state index < -0.39 is 17.4 Å². The van der Waals surface area contributed by atoms with Gasteiger partial charge in [0, 0.05) is 29.3 Å². The number of anilines is 1. The van der Waals surface area contributed by atoms with E-state index in [1.165, 1.54) is 6.07 Å². The molecule has 1 heterocycles. The Kier molecular flexibility index (Phi) is 3.69. The predicted molar refractivity (Wildman–Crippen MR) is 74.2 cm³/mol. The van der Waals surface area contributed by atoms with Crippen molar-refractivity contribution in [1.29, 1.82) is 0 Å². The molecule has 0 bridgehead atoms. The maximum Gasteiger partial charge on any atom is 0.341 e. The van der Waals surface area contributed by atoms with Crippen molar-refractivity contribution in [1.82, 2.24) is 10.3 Å². The third kappa shape index (κ3) is 2.61. The highest BCUT2D eigenvalue weighted by Crippen LogP contribution is 2.15. The number of aromatic carboxylic acids is 1. The molecule has 2 aromatic rings. The minimum Gasteiger partial charge on any atom is -0.477 e. The van der Waals surface area contributed by atoms with Crippen LogP contribution in [0.1, 0.15) is 17.3 Å². The molecule has 0 radical (unpaired) electrons. The fourth-order valence-electron chi connectivity index (χ4n) is 1.79. The molecule has 1 aromatic heterocycles. The Morgan fingerprint density at radius 3 is 2.75 bits per heavy atom. The largest absolute Gasteiger partial charge is 0.477 e. The molecule has 4 N–H and O–H groups in total. The third-order valence-electron chi connectivity index (χ3n) is 2.71. The van der Waals surface area contributed by atoms with Gasteiger partial charge in [-0.25, -0.2) is 9.59 Å². The van der Waals surface area contributed by atoms with Crippen molar-refractivity contribution in [3.8, 4) is 0 Å². The van der Waals surface area contributed by atoms with Crippen molar-refractivity contribution in [2.75, 3.05) is 11.9 Å². The Hall–Kier alpha value is -2.83. The van der Waals surface area contributed by atoms with Crippen LogP contribution in [0.25, 0.3) is 10.9 Å². The fourth-order valence-corrected chi connectivity index (χ4v) is 1.79. The zero-order valence-electron chi connectivity index (χ0n) is 10.7. The van der Waals surface area contributed by atoms with Gasteiger partial charge in [0.15, 0.2) is 0 Å². The first-order valence-electron chi connectivity index (χ1n) is 5.96. The van der Waals surface area contributed by atoms with Gasteiger partial charge in [-0.15, -0.1) is 0 Å². The molecule has 7 nitrogen and oxygen atoms in total. The highest BCUT2D eigenvalue weighted by molar-refractivity contribution is 5.95. The topological polar surface area (TPSA) is 111 Å². The summed E-state index contributed by atoms with van der Waals surface area (Å²) < 4.78 is 0. The van der Waals surface area contributed by atoms with Gasteiger partial charge in [-0.2, -0.15) is 0 Å². The highest BCUT2D eigenvalue weighted by Gasteiger charge is 2.12. The van der Waals surface area contributed by atoms with Crippen LogP contribution in [-0.2, 0) is 0 Å². The van der Waals surface area contributed by atoms with Gasteiger partial charge < -0.3 is 20.7 Å². The zero-order valence-corrected chi connectivity index (χ0v) is 10.7. The van der Waals surface area contributed by atoms with E-state index in [-0.39, 0.29) is 10.9 Å². The molecular formula is C13H13N3O4. The molecule has 7 heteroatoms. The van der Waals surface area contributed by atoms with Gasteiger partial charge in [-0.3, -0.25) is 4.79 Å². The van der Waals surface area contributed by atoms with Crippen molar-refractivity contribution in [2.24, 2.45) is 0 Å². The predicted octanol–water partition coefficient (Wildman–Crippen LogP) is 1.37. The molecule has 0 aliphatic heterocycles. The summed E-state index contributed by atoms with van der Waals surface area (Å²) in [5, 5.41) is 14.2. The maximum atomic E-state index is 12.0. The summed E-state index contributed by atoms with van der Waals surface area (Å²) in [6, 6.07) is 4.27. The van der Waals surface area contributed by atoms with E-state index >= 15 is 0 Å². The average Bonchev–Trinajstić information content (AvgIpc) is 2.39. The molecule has 0 aliphatic carbocycles. The number of carboxylic acid groups (broad SMARTS) is 1. The van der Waals surface area contributed by atoms with Crippen LogP contribution < -0.4 is 16.1 Å². The Labute approximate surface area is 113 Å². The number of H-pyrrole nitrogens is 1. The minimum absolute atomic E-state index is 0.208. The molecule has 0 atom stereocenters. The normalized spacial score (nSPS) is 10.2. The van der Waals surface area contributed by atoms with Crippen LogP contribution >= 0.6 is 0 Å². The number of nitrogens with one attached hydrogen (secondary N) is 3. The van der Waals surface area contributed by atoms with Crippen LogP contribution in [-0.4, -0.2) is 28.6 Å². The number of carbonyl (C=O) groups is 2. The van der Waals surface area contributed by atoms with Gasteiger partial charge in [0.25, 0.3) is 0 Å². The molecule has 104 valence electrons. The zero-order chi connectivity index (χ0) is 14.7. The lowest BCUT2D eigenvalue weighted by Crippen LogP contribution is -2.28. The third-order valence-corrected chi connectivity index (χ3v) is 2.71. The van der Waals surface area contributed by atoms with E-state index in [1.54, 1.807) is 19.1 Å².